The van der Waals surface area contributed by atoms with Gasteiger partial charge in [-0.3, -0.25) is 19.8 Å². The molecule has 1 saturated heterocycles. The van der Waals surface area contributed by atoms with Crippen LogP contribution in [0.25, 0.3) is 0 Å². The summed E-state index contributed by atoms with van der Waals surface area (Å²) in [6.45, 7) is 0.455. The molecule has 9 heteroatoms. The molecule has 0 radical (unpaired) electrons. The van der Waals surface area contributed by atoms with Crippen molar-refractivity contribution in [3.05, 3.63) is 71.3 Å². The maximum Gasteiger partial charge on any atom is 0.261 e. The fourth-order valence-electron chi connectivity index (χ4n) is 3.87. The molecule has 1 aliphatic rings. The van der Waals surface area contributed by atoms with E-state index >= 15 is 0 Å². The van der Waals surface area contributed by atoms with E-state index < -0.39 is 30.2 Å². The van der Waals surface area contributed by atoms with Crippen LogP contribution in [0.3, 0.4) is 0 Å². The molecule has 3 amide bonds. The van der Waals surface area contributed by atoms with Crippen LogP contribution in [0, 0.1) is 0 Å². The monoisotopic (exact) mass is 440 g/mol. The van der Waals surface area contributed by atoms with E-state index in [9.17, 15) is 14.4 Å². The Kier molecular flexibility index (Phi) is 7.93. The van der Waals surface area contributed by atoms with Gasteiger partial charge in [0.2, 0.25) is 5.91 Å². The molecule has 2 atom stereocenters. The zero-order valence-corrected chi connectivity index (χ0v) is 18.1. The number of methoxy groups -OCH3 is 2. The molecule has 170 valence electrons. The summed E-state index contributed by atoms with van der Waals surface area (Å²) in [5.74, 6) is 4.12. The van der Waals surface area contributed by atoms with Gasteiger partial charge in [-0.05, 0) is 30.5 Å². The SMILES string of the molecule is COC(OC)c1ccc(C(=O)N2CCC[C@H]2C(=O)N[C@@H](C(=O)NN)c2ccccc2)cc1. The summed E-state index contributed by atoms with van der Waals surface area (Å²) in [4.78, 5) is 40.0. The quantitative estimate of drug-likeness (QED) is 0.247. The van der Waals surface area contributed by atoms with Gasteiger partial charge in [0.05, 0.1) is 0 Å². The van der Waals surface area contributed by atoms with Crippen LogP contribution >= 0.6 is 0 Å². The van der Waals surface area contributed by atoms with Crippen LogP contribution in [0.2, 0.25) is 0 Å². The minimum absolute atomic E-state index is 0.250. The lowest BCUT2D eigenvalue weighted by Crippen LogP contribution is -2.50. The van der Waals surface area contributed by atoms with E-state index in [0.717, 1.165) is 5.56 Å². The molecule has 9 nitrogen and oxygen atoms in total. The van der Waals surface area contributed by atoms with E-state index in [-0.39, 0.29) is 5.91 Å². The van der Waals surface area contributed by atoms with Gasteiger partial charge in [-0.15, -0.1) is 0 Å². The first-order valence-corrected chi connectivity index (χ1v) is 10.3. The standard InChI is InChI=1S/C23H28N4O5/c1-31-23(32-2)17-12-10-16(11-13-17)22(30)27-14-6-9-18(27)20(28)25-19(21(29)26-24)15-7-4-3-5-8-15/h3-5,7-8,10-13,18-19,23H,6,9,14,24H2,1-2H3,(H,25,28)(H,26,29)/t18-,19+/m0/s1. The Labute approximate surface area is 186 Å². The fourth-order valence-corrected chi connectivity index (χ4v) is 3.87. The van der Waals surface area contributed by atoms with Crippen LogP contribution in [-0.4, -0.2) is 49.4 Å². The summed E-state index contributed by atoms with van der Waals surface area (Å²) in [6.07, 6.45) is 0.681. The van der Waals surface area contributed by atoms with E-state index in [1.54, 1.807) is 48.5 Å². The molecule has 0 unspecified atom stereocenters. The highest BCUT2D eigenvalue weighted by Crippen LogP contribution is 2.24. The number of likely N-dealkylation sites (tertiary alicyclic amines) is 1. The molecule has 3 rings (SSSR count). The molecule has 32 heavy (non-hydrogen) atoms. The van der Waals surface area contributed by atoms with Crippen molar-refractivity contribution in [1.82, 2.24) is 15.6 Å². The van der Waals surface area contributed by atoms with E-state index in [1.165, 1.54) is 19.1 Å². The van der Waals surface area contributed by atoms with Crippen molar-refractivity contribution in [3.8, 4) is 0 Å². The topological polar surface area (TPSA) is 123 Å². The summed E-state index contributed by atoms with van der Waals surface area (Å²) in [7, 11) is 3.07. The highest BCUT2D eigenvalue weighted by molar-refractivity contribution is 5.99. The molecule has 0 aliphatic carbocycles. The number of amides is 3. The molecule has 1 aliphatic heterocycles. The van der Waals surface area contributed by atoms with E-state index in [0.29, 0.717) is 30.5 Å². The smallest absolute Gasteiger partial charge is 0.261 e. The molecule has 2 aromatic rings. The highest BCUT2D eigenvalue weighted by Gasteiger charge is 2.36. The van der Waals surface area contributed by atoms with Crippen molar-refractivity contribution in [3.63, 3.8) is 0 Å². The molecule has 1 heterocycles. The zero-order valence-electron chi connectivity index (χ0n) is 18.1. The maximum absolute atomic E-state index is 13.1. The van der Waals surface area contributed by atoms with Crippen LogP contribution in [0.5, 0.6) is 0 Å². The Hall–Kier alpha value is -3.27. The number of benzene rings is 2. The Bertz CT molecular complexity index is 931. The third-order valence-corrected chi connectivity index (χ3v) is 5.50. The van der Waals surface area contributed by atoms with Crippen LogP contribution in [0.15, 0.2) is 54.6 Å². The first kappa shape index (κ1) is 23.4. The van der Waals surface area contributed by atoms with Gasteiger partial charge in [0, 0.05) is 31.9 Å². The number of hydrogen-bond donors (Lipinski definition) is 3. The number of nitrogens with two attached hydrogens (primary N) is 1. The van der Waals surface area contributed by atoms with Gasteiger partial charge in [0.1, 0.15) is 12.1 Å². The van der Waals surface area contributed by atoms with Crippen molar-refractivity contribution in [2.75, 3.05) is 20.8 Å². The molecule has 1 fully saturated rings. The molecular weight excluding hydrogens is 412 g/mol. The number of hydrazine groups is 1. The summed E-state index contributed by atoms with van der Waals surface area (Å²) in [5, 5.41) is 2.74. The Morgan fingerprint density at radius 3 is 2.25 bits per heavy atom. The van der Waals surface area contributed by atoms with Gasteiger partial charge in [0.15, 0.2) is 6.29 Å². The Morgan fingerprint density at radius 2 is 1.66 bits per heavy atom. The Morgan fingerprint density at radius 1 is 1.00 bits per heavy atom. The third kappa shape index (κ3) is 5.13. The minimum Gasteiger partial charge on any atom is -0.352 e. The van der Waals surface area contributed by atoms with Gasteiger partial charge < -0.3 is 19.7 Å². The van der Waals surface area contributed by atoms with Gasteiger partial charge in [-0.2, -0.15) is 0 Å². The van der Waals surface area contributed by atoms with Gasteiger partial charge >= 0.3 is 0 Å². The largest absolute Gasteiger partial charge is 0.352 e. The Balaban J connectivity index is 1.74. The molecule has 0 spiro atoms. The van der Waals surface area contributed by atoms with Crippen molar-refractivity contribution >= 4 is 17.7 Å². The van der Waals surface area contributed by atoms with Gasteiger partial charge in [-0.1, -0.05) is 42.5 Å². The summed E-state index contributed by atoms with van der Waals surface area (Å²) in [6, 6.07) is 14.1. The van der Waals surface area contributed by atoms with E-state index in [4.69, 9.17) is 15.3 Å². The minimum atomic E-state index is -0.953. The summed E-state index contributed by atoms with van der Waals surface area (Å²) in [5.41, 5.74) is 3.92. The van der Waals surface area contributed by atoms with Crippen LogP contribution < -0.4 is 16.6 Å². The fraction of sp³-hybridized carbons (Fsp3) is 0.348. The van der Waals surface area contributed by atoms with Crippen LogP contribution in [0.1, 0.15) is 46.7 Å². The lowest BCUT2D eigenvalue weighted by Gasteiger charge is -2.26. The number of rotatable bonds is 8. The molecular formula is C23H28N4O5. The lowest BCUT2D eigenvalue weighted by atomic mass is 10.1. The number of ether oxygens (including phenoxy) is 2. The van der Waals surface area contributed by atoms with Crippen LogP contribution in [-0.2, 0) is 19.1 Å². The predicted molar refractivity (Wildman–Crippen MR) is 117 cm³/mol. The molecule has 0 saturated carbocycles. The summed E-state index contributed by atoms with van der Waals surface area (Å²) >= 11 is 0. The van der Waals surface area contributed by atoms with E-state index in [2.05, 4.69) is 10.7 Å². The number of hydrogen-bond acceptors (Lipinski definition) is 6. The van der Waals surface area contributed by atoms with Gasteiger partial charge in [-0.25, -0.2) is 5.84 Å². The number of nitrogens with zero attached hydrogens (tertiary/aromatic N) is 1. The molecule has 0 bridgehead atoms. The molecule has 4 N–H and O–H groups in total. The van der Waals surface area contributed by atoms with Crippen molar-refractivity contribution in [1.29, 1.82) is 0 Å². The molecule has 0 aromatic heterocycles. The predicted octanol–water partition coefficient (Wildman–Crippen LogP) is 1.43. The number of carbonyl (C=O) groups is 3. The third-order valence-electron chi connectivity index (χ3n) is 5.50. The second-order valence-electron chi connectivity index (χ2n) is 7.44. The van der Waals surface area contributed by atoms with E-state index in [1.807, 2.05) is 6.07 Å². The first-order chi connectivity index (χ1) is 15.5. The van der Waals surface area contributed by atoms with Gasteiger partial charge in [0.25, 0.3) is 11.8 Å². The van der Waals surface area contributed by atoms with Crippen molar-refractivity contribution < 1.29 is 23.9 Å². The maximum atomic E-state index is 13.1. The average Bonchev–Trinajstić information content (AvgIpc) is 3.33. The number of carbonyl (C=O) groups excluding carboxylic acids is 3. The van der Waals surface area contributed by atoms with Crippen molar-refractivity contribution in [2.24, 2.45) is 5.84 Å². The number of nitrogens with one attached hydrogen (secondary N) is 2. The second kappa shape index (κ2) is 10.9. The lowest BCUT2D eigenvalue weighted by molar-refractivity contribution is -0.131. The van der Waals surface area contributed by atoms with Crippen molar-refractivity contribution in [2.45, 2.75) is 31.2 Å². The first-order valence-electron chi connectivity index (χ1n) is 10.3. The second-order valence-corrected chi connectivity index (χ2v) is 7.44. The zero-order chi connectivity index (χ0) is 23.1. The average molecular weight is 441 g/mol. The summed E-state index contributed by atoms with van der Waals surface area (Å²) < 4.78 is 10.4. The highest BCUT2D eigenvalue weighted by atomic mass is 16.7. The molecule has 2 aromatic carbocycles. The van der Waals surface area contributed by atoms with Crippen LogP contribution in [0.4, 0.5) is 0 Å². The normalized spacial score (nSPS) is 16.6.